The number of hydrogen-bond acceptors (Lipinski definition) is 2. The van der Waals surface area contributed by atoms with E-state index in [1.165, 1.54) is 22.3 Å². The monoisotopic (exact) mass is 412 g/mol. The van der Waals surface area contributed by atoms with Crippen LogP contribution < -0.4 is 11.5 Å². The predicted octanol–water partition coefficient (Wildman–Crippen LogP) is 7.52. The highest BCUT2D eigenvalue weighted by Gasteiger charge is 2.15. The first-order valence-corrected chi connectivity index (χ1v) is 10.7. The largest absolute Gasteiger partial charge is 0.399 e. The van der Waals surface area contributed by atoms with Gasteiger partial charge in [-0.2, -0.15) is 0 Å². The maximum Gasteiger partial charge on any atom is 0.0320 e. The minimum Gasteiger partial charge on any atom is -0.399 e. The molecule has 4 N–H and O–H groups in total. The van der Waals surface area contributed by atoms with E-state index < -0.39 is 0 Å². The minimum atomic E-state index is 0.762. The van der Waals surface area contributed by atoms with Crippen LogP contribution in [0.5, 0.6) is 0 Å². The fraction of sp³-hybridized carbons (Fsp3) is 0. The van der Waals surface area contributed by atoms with Crippen LogP contribution in [0.4, 0.5) is 11.4 Å². The Hall–Kier alpha value is -4.30. The van der Waals surface area contributed by atoms with Gasteiger partial charge in [-0.3, -0.25) is 0 Å². The van der Waals surface area contributed by atoms with Crippen molar-refractivity contribution in [3.05, 3.63) is 121 Å². The lowest BCUT2D eigenvalue weighted by molar-refractivity contribution is 1.55. The molecule has 154 valence electrons. The first kappa shape index (κ1) is 19.7. The first-order valence-electron chi connectivity index (χ1n) is 10.7. The van der Waals surface area contributed by atoms with Gasteiger partial charge in [0, 0.05) is 11.4 Å². The Bertz CT molecular complexity index is 1290. The molecule has 0 unspecified atom stereocenters. The summed E-state index contributed by atoms with van der Waals surface area (Å²) in [5.41, 5.74) is 23.0. The molecule has 5 aromatic carbocycles. The summed E-state index contributed by atoms with van der Waals surface area (Å²) in [4.78, 5) is 0. The summed E-state index contributed by atoms with van der Waals surface area (Å²) in [5.74, 6) is 0. The summed E-state index contributed by atoms with van der Waals surface area (Å²) in [6.45, 7) is 0. The Labute approximate surface area is 188 Å². The summed E-state index contributed by atoms with van der Waals surface area (Å²) in [6, 6.07) is 41.7. The van der Waals surface area contributed by atoms with E-state index in [4.69, 9.17) is 11.5 Å². The third kappa shape index (κ3) is 3.75. The second-order valence-electron chi connectivity index (χ2n) is 7.89. The van der Waals surface area contributed by atoms with Crippen LogP contribution in [0.1, 0.15) is 0 Å². The summed E-state index contributed by atoms with van der Waals surface area (Å²) in [6.07, 6.45) is 0. The second kappa shape index (κ2) is 8.44. The average Bonchev–Trinajstić information content (AvgIpc) is 2.84. The SMILES string of the molecule is Nc1cccc(-c2ccccc2-c2ccccc2-c2ccccc2-c2cccc(N)c2)c1. The van der Waals surface area contributed by atoms with Crippen molar-refractivity contribution in [3.8, 4) is 44.5 Å². The topological polar surface area (TPSA) is 52.0 Å². The van der Waals surface area contributed by atoms with E-state index in [0.29, 0.717) is 0 Å². The first-order chi connectivity index (χ1) is 15.7. The maximum atomic E-state index is 6.09. The lowest BCUT2D eigenvalue weighted by Gasteiger charge is -2.17. The van der Waals surface area contributed by atoms with Crippen LogP contribution in [0, 0.1) is 0 Å². The van der Waals surface area contributed by atoms with E-state index in [1.54, 1.807) is 0 Å². The van der Waals surface area contributed by atoms with Crippen LogP contribution in [0.15, 0.2) is 121 Å². The number of anilines is 2. The molecule has 0 saturated carbocycles. The van der Waals surface area contributed by atoms with Gasteiger partial charge in [0.15, 0.2) is 0 Å². The predicted molar refractivity (Wildman–Crippen MR) is 137 cm³/mol. The van der Waals surface area contributed by atoms with E-state index in [-0.39, 0.29) is 0 Å². The molecule has 2 heteroatoms. The lowest BCUT2D eigenvalue weighted by Crippen LogP contribution is -1.92. The lowest BCUT2D eigenvalue weighted by atomic mass is 9.86. The molecule has 0 aliphatic carbocycles. The number of nitrogens with two attached hydrogens (primary N) is 2. The van der Waals surface area contributed by atoms with Gasteiger partial charge in [0.25, 0.3) is 0 Å². The zero-order valence-electron chi connectivity index (χ0n) is 17.7. The van der Waals surface area contributed by atoms with Crippen LogP contribution in [0.3, 0.4) is 0 Å². The Morgan fingerprint density at radius 3 is 0.969 bits per heavy atom. The molecule has 0 aliphatic heterocycles. The second-order valence-corrected chi connectivity index (χ2v) is 7.89. The molecular weight excluding hydrogens is 388 g/mol. The summed E-state index contributed by atoms with van der Waals surface area (Å²) in [5, 5.41) is 0. The van der Waals surface area contributed by atoms with Crippen molar-refractivity contribution < 1.29 is 0 Å². The Kier molecular flexibility index (Phi) is 5.19. The molecular formula is C30H24N2. The fourth-order valence-electron chi connectivity index (χ4n) is 4.30. The van der Waals surface area contributed by atoms with Gasteiger partial charge in [-0.05, 0) is 68.8 Å². The molecule has 0 bridgehead atoms. The standard InChI is InChI=1S/C30H24N2/c31-23-11-7-9-21(19-23)25-13-1-3-15-27(25)29-17-5-6-18-30(29)28-16-4-2-14-26(28)22-10-8-12-24(32)20-22/h1-20H,31-32H2. The molecule has 0 heterocycles. The van der Waals surface area contributed by atoms with E-state index in [0.717, 1.165) is 33.6 Å². The van der Waals surface area contributed by atoms with Crippen molar-refractivity contribution in [1.82, 2.24) is 0 Å². The van der Waals surface area contributed by atoms with E-state index in [9.17, 15) is 0 Å². The van der Waals surface area contributed by atoms with Crippen molar-refractivity contribution in [2.45, 2.75) is 0 Å². The Morgan fingerprint density at radius 1 is 0.312 bits per heavy atom. The molecule has 0 radical (unpaired) electrons. The van der Waals surface area contributed by atoms with Crippen molar-refractivity contribution in [2.24, 2.45) is 0 Å². The van der Waals surface area contributed by atoms with Gasteiger partial charge in [0.05, 0.1) is 0 Å². The van der Waals surface area contributed by atoms with Crippen molar-refractivity contribution in [1.29, 1.82) is 0 Å². The van der Waals surface area contributed by atoms with Crippen LogP contribution in [0.25, 0.3) is 44.5 Å². The van der Waals surface area contributed by atoms with Crippen LogP contribution >= 0.6 is 0 Å². The van der Waals surface area contributed by atoms with Gasteiger partial charge >= 0.3 is 0 Å². The molecule has 0 amide bonds. The van der Waals surface area contributed by atoms with Gasteiger partial charge in [-0.15, -0.1) is 0 Å². The van der Waals surface area contributed by atoms with Crippen molar-refractivity contribution >= 4 is 11.4 Å². The summed E-state index contributed by atoms with van der Waals surface area (Å²) in [7, 11) is 0. The van der Waals surface area contributed by atoms with Gasteiger partial charge in [-0.25, -0.2) is 0 Å². The van der Waals surface area contributed by atoms with Gasteiger partial charge in [0.2, 0.25) is 0 Å². The number of nitrogen functional groups attached to an aromatic ring is 2. The van der Waals surface area contributed by atoms with Gasteiger partial charge < -0.3 is 11.5 Å². The molecule has 0 aromatic heterocycles. The zero-order chi connectivity index (χ0) is 21.9. The quantitative estimate of drug-likeness (QED) is 0.300. The molecule has 5 rings (SSSR count). The third-order valence-corrected chi connectivity index (χ3v) is 5.76. The van der Waals surface area contributed by atoms with E-state index in [1.807, 2.05) is 36.4 Å². The molecule has 0 atom stereocenters. The van der Waals surface area contributed by atoms with Gasteiger partial charge in [0.1, 0.15) is 0 Å². The fourth-order valence-corrected chi connectivity index (χ4v) is 4.30. The minimum absolute atomic E-state index is 0.762. The van der Waals surface area contributed by atoms with Crippen LogP contribution in [0.2, 0.25) is 0 Å². The van der Waals surface area contributed by atoms with Crippen LogP contribution in [-0.4, -0.2) is 0 Å². The van der Waals surface area contributed by atoms with E-state index in [2.05, 4.69) is 84.9 Å². The van der Waals surface area contributed by atoms with Gasteiger partial charge in [-0.1, -0.05) is 97.1 Å². The Balaban J connectivity index is 1.73. The molecule has 0 saturated heterocycles. The average molecular weight is 413 g/mol. The molecule has 2 nitrogen and oxygen atoms in total. The smallest absolute Gasteiger partial charge is 0.0320 e. The molecule has 32 heavy (non-hydrogen) atoms. The molecule has 0 spiro atoms. The highest BCUT2D eigenvalue weighted by Crippen LogP contribution is 2.41. The highest BCUT2D eigenvalue weighted by atomic mass is 14.5. The van der Waals surface area contributed by atoms with E-state index >= 15 is 0 Å². The van der Waals surface area contributed by atoms with Crippen molar-refractivity contribution in [3.63, 3.8) is 0 Å². The summed E-state index contributed by atoms with van der Waals surface area (Å²) >= 11 is 0. The molecule has 5 aromatic rings. The summed E-state index contributed by atoms with van der Waals surface area (Å²) < 4.78 is 0. The third-order valence-electron chi connectivity index (χ3n) is 5.76. The highest BCUT2D eigenvalue weighted by molar-refractivity contribution is 5.96. The van der Waals surface area contributed by atoms with Crippen LogP contribution in [-0.2, 0) is 0 Å². The van der Waals surface area contributed by atoms with Crippen molar-refractivity contribution in [2.75, 3.05) is 11.5 Å². The zero-order valence-corrected chi connectivity index (χ0v) is 17.7. The normalized spacial score (nSPS) is 10.8. The number of benzene rings is 5. The Morgan fingerprint density at radius 2 is 0.625 bits per heavy atom. The molecule has 0 aliphatic rings. The number of rotatable bonds is 4. The maximum absolute atomic E-state index is 6.09. The molecule has 0 fully saturated rings. The number of hydrogen-bond donors (Lipinski definition) is 2.